The molecule has 0 amide bonds. The second-order valence-corrected chi connectivity index (χ2v) is 6.53. The van der Waals surface area contributed by atoms with Crippen molar-refractivity contribution in [3.63, 3.8) is 0 Å². The van der Waals surface area contributed by atoms with E-state index in [4.69, 9.17) is 0 Å². The summed E-state index contributed by atoms with van der Waals surface area (Å²) in [6.07, 6.45) is 5.97. The van der Waals surface area contributed by atoms with Crippen molar-refractivity contribution in [2.45, 2.75) is 38.1 Å². The maximum Gasteiger partial charge on any atom is 0.127 e. The molecule has 3 rings (SSSR count). The minimum absolute atomic E-state index is 0.00612. The van der Waals surface area contributed by atoms with Gasteiger partial charge in [0.2, 0.25) is 0 Å². The van der Waals surface area contributed by atoms with Crippen LogP contribution in [0, 0.1) is 5.92 Å². The van der Waals surface area contributed by atoms with Crippen molar-refractivity contribution in [1.82, 2.24) is 10.2 Å². The number of aromatic hydroxyl groups is 3. The first-order chi connectivity index (χ1) is 10.7. The summed E-state index contributed by atoms with van der Waals surface area (Å²) in [5, 5.41) is 33.6. The number of nitrogens with zero attached hydrogens (tertiary/aromatic N) is 1. The van der Waals surface area contributed by atoms with Gasteiger partial charge in [0.15, 0.2) is 0 Å². The van der Waals surface area contributed by atoms with E-state index < -0.39 is 0 Å². The van der Waals surface area contributed by atoms with E-state index in [1.165, 1.54) is 31.4 Å². The van der Waals surface area contributed by atoms with Crippen molar-refractivity contribution in [3.05, 3.63) is 17.7 Å². The number of phenolic OH excluding ortho intramolecular Hbond substituents is 3. The summed E-state index contributed by atoms with van der Waals surface area (Å²) in [4.78, 5) is 2.37. The van der Waals surface area contributed by atoms with E-state index in [9.17, 15) is 15.3 Å². The molecule has 5 heteroatoms. The van der Waals surface area contributed by atoms with Crippen LogP contribution in [0.2, 0.25) is 0 Å². The normalized spacial score (nSPS) is 22.5. The van der Waals surface area contributed by atoms with Crippen LogP contribution in [0.4, 0.5) is 0 Å². The van der Waals surface area contributed by atoms with Crippen molar-refractivity contribution in [3.8, 4) is 17.2 Å². The SMILES string of the molecule is Oc1cc(O)c([C@@H](C2CCCCC2)N2CCNCC2)c(O)c1. The van der Waals surface area contributed by atoms with E-state index >= 15 is 0 Å². The van der Waals surface area contributed by atoms with Crippen LogP contribution in [0.1, 0.15) is 43.7 Å². The predicted octanol–water partition coefficient (Wildman–Crippen LogP) is 2.33. The molecule has 0 bridgehead atoms. The molecule has 2 aliphatic rings. The molecule has 1 aliphatic heterocycles. The monoisotopic (exact) mass is 306 g/mol. The van der Waals surface area contributed by atoms with E-state index in [1.54, 1.807) is 0 Å². The molecule has 5 nitrogen and oxygen atoms in total. The van der Waals surface area contributed by atoms with Crippen molar-refractivity contribution >= 4 is 0 Å². The van der Waals surface area contributed by atoms with Gasteiger partial charge in [0.1, 0.15) is 17.2 Å². The fraction of sp³-hybridized carbons (Fsp3) is 0.647. The van der Waals surface area contributed by atoms with E-state index in [2.05, 4.69) is 10.2 Å². The third kappa shape index (κ3) is 3.15. The van der Waals surface area contributed by atoms with Crippen molar-refractivity contribution in [1.29, 1.82) is 0 Å². The Balaban J connectivity index is 1.96. The molecule has 1 aromatic carbocycles. The molecular formula is C17H26N2O3. The van der Waals surface area contributed by atoms with E-state index in [0.29, 0.717) is 11.5 Å². The van der Waals surface area contributed by atoms with Gasteiger partial charge in [0, 0.05) is 44.4 Å². The van der Waals surface area contributed by atoms with E-state index in [1.807, 2.05) is 0 Å². The molecule has 22 heavy (non-hydrogen) atoms. The zero-order chi connectivity index (χ0) is 15.5. The van der Waals surface area contributed by atoms with Gasteiger partial charge in [0.25, 0.3) is 0 Å². The highest BCUT2D eigenvalue weighted by atomic mass is 16.3. The summed E-state index contributed by atoms with van der Waals surface area (Å²) in [6.45, 7) is 3.70. The summed E-state index contributed by atoms with van der Waals surface area (Å²) in [7, 11) is 0. The number of phenols is 3. The average Bonchev–Trinajstić information content (AvgIpc) is 2.52. The van der Waals surface area contributed by atoms with Crippen LogP contribution in [0.3, 0.4) is 0 Å². The van der Waals surface area contributed by atoms with Crippen LogP contribution in [0.5, 0.6) is 17.2 Å². The Bertz CT molecular complexity index is 468. The second kappa shape index (κ2) is 6.75. The Morgan fingerprint density at radius 2 is 1.55 bits per heavy atom. The Hall–Kier alpha value is -1.46. The highest BCUT2D eigenvalue weighted by Gasteiger charge is 2.34. The quantitative estimate of drug-likeness (QED) is 0.689. The zero-order valence-corrected chi connectivity index (χ0v) is 13.0. The minimum atomic E-state index is -0.0959. The van der Waals surface area contributed by atoms with Gasteiger partial charge in [-0.15, -0.1) is 0 Å². The van der Waals surface area contributed by atoms with E-state index in [0.717, 1.165) is 39.0 Å². The molecule has 1 heterocycles. The van der Waals surface area contributed by atoms with Crippen LogP contribution in [0.15, 0.2) is 12.1 Å². The Kier molecular flexibility index (Phi) is 4.74. The molecule has 1 aliphatic carbocycles. The molecule has 0 unspecified atom stereocenters. The van der Waals surface area contributed by atoms with Gasteiger partial charge >= 0.3 is 0 Å². The van der Waals surface area contributed by atoms with Crippen LogP contribution < -0.4 is 5.32 Å². The second-order valence-electron chi connectivity index (χ2n) is 6.53. The lowest BCUT2D eigenvalue weighted by Crippen LogP contribution is -2.47. The van der Waals surface area contributed by atoms with Crippen LogP contribution >= 0.6 is 0 Å². The van der Waals surface area contributed by atoms with Crippen molar-refractivity contribution in [2.75, 3.05) is 26.2 Å². The van der Waals surface area contributed by atoms with E-state index in [-0.39, 0.29) is 23.3 Å². The molecule has 1 atom stereocenters. The Labute approximate surface area is 131 Å². The fourth-order valence-corrected chi connectivity index (χ4v) is 4.04. The highest BCUT2D eigenvalue weighted by Crippen LogP contribution is 2.46. The number of benzene rings is 1. The van der Waals surface area contributed by atoms with Gasteiger partial charge < -0.3 is 20.6 Å². The average molecular weight is 306 g/mol. The number of hydrogen-bond acceptors (Lipinski definition) is 5. The summed E-state index contributed by atoms with van der Waals surface area (Å²) >= 11 is 0. The lowest BCUT2D eigenvalue weighted by atomic mass is 9.79. The number of piperazine rings is 1. The number of rotatable bonds is 3. The molecule has 1 saturated heterocycles. The van der Waals surface area contributed by atoms with Gasteiger partial charge in [-0.25, -0.2) is 0 Å². The standard InChI is InChI=1S/C17H26N2O3/c20-13-10-14(21)16(15(22)11-13)17(12-4-2-1-3-5-12)19-8-6-18-7-9-19/h10-12,17-18,20-22H,1-9H2/t17-/m1/s1. The van der Waals surface area contributed by atoms with Crippen LogP contribution in [-0.2, 0) is 0 Å². The number of nitrogens with one attached hydrogen (secondary N) is 1. The summed E-state index contributed by atoms with van der Waals surface area (Å²) in [5.74, 6) is 0.368. The maximum absolute atomic E-state index is 10.3. The molecule has 1 aromatic rings. The Morgan fingerprint density at radius 3 is 2.14 bits per heavy atom. The summed E-state index contributed by atoms with van der Waals surface area (Å²) < 4.78 is 0. The zero-order valence-electron chi connectivity index (χ0n) is 13.0. The largest absolute Gasteiger partial charge is 0.508 e. The lowest BCUT2D eigenvalue weighted by Gasteiger charge is -2.41. The Morgan fingerprint density at radius 1 is 0.955 bits per heavy atom. The summed E-state index contributed by atoms with van der Waals surface area (Å²) in [6, 6.07) is 2.71. The molecule has 4 N–H and O–H groups in total. The molecule has 2 fully saturated rings. The predicted molar refractivity (Wildman–Crippen MR) is 85.2 cm³/mol. The third-order valence-corrected chi connectivity index (χ3v) is 5.06. The van der Waals surface area contributed by atoms with Crippen molar-refractivity contribution < 1.29 is 15.3 Å². The minimum Gasteiger partial charge on any atom is -0.508 e. The first kappa shape index (κ1) is 15.4. The molecule has 0 radical (unpaired) electrons. The lowest BCUT2D eigenvalue weighted by molar-refractivity contribution is 0.0991. The molecular weight excluding hydrogens is 280 g/mol. The first-order valence-electron chi connectivity index (χ1n) is 8.36. The smallest absolute Gasteiger partial charge is 0.127 e. The van der Waals surface area contributed by atoms with Gasteiger partial charge in [-0.3, -0.25) is 4.90 Å². The first-order valence-corrected chi connectivity index (χ1v) is 8.36. The van der Waals surface area contributed by atoms with Gasteiger partial charge in [-0.2, -0.15) is 0 Å². The van der Waals surface area contributed by atoms with Gasteiger partial charge in [-0.05, 0) is 18.8 Å². The van der Waals surface area contributed by atoms with Gasteiger partial charge in [-0.1, -0.05) is 19.3 Å². The topological polar surface area (TPSA) is 76.0 Å². The van der Waals surface area contributed by atoms with Gasteiger partial charge in [0.05, 0.1) is 5.56 Å². The molecule has 0 aromatic heterocycles. The van der Waals surface area contributed by atoms with Crippen molar-refractivity contribution in [2.24, 2.45) is 5.92 Å². The van der Waals surface area contributed by atoms with Crippen LogP contribution in [0.25, 0.3) is 0 Å². The molecule has 122 valence electrons. The number of hydrogen-bond donors (Lipinski definition) is 4. The third-order valence-electron chi connectivity index (χ3n) is 5.06. The maximum atomic E-state index is 10.3. The highest BCUT2D eigenvalue weighted by molar-refractivity contribution is 5.50. The van der Waals surface area contributed by atoms with Crippen LogP contribution in [-0.4, -0.2) is 46.4 Å². The molecule has 1 saturated carbocycles. The fourth-order valence-electron chi connectivity index (χ4n) is 4.04. The molecule has 0 spiro atoms. The summed E-state index contributed by atoms with van der Waals surface area (Å²) in [5.41, 5.74) is 0.589.